The number of oxazole rings is 1. The number of nitrogens with zero attached hydrogens (tertiary/aromatic N) is 2. The number of nitro benzene ring substituents is 1. The highest BCUT2D eigenvalue weighted by molar-refractivity contribution is 6.32. The highest BCUT2D eigenvalue weighted by Crippen LogP contribution is 2.28. The first-order valence-electron chi connectivity index (χ1n) is 8.32. The van der Waals surface area contributed by atoms with Gasteiger partial charge in [0.25, 0.3) is 11.6 Å². The van der Waals surface area contributed by atoms with Gasteiger partial charge in [0.2, 0.25) is 5.89 Å². The smallest absolute Gasteiger partial charge is 0.288 e. The summed E-state index contributed by atoms with van der Waals surface area (Å²) >= 11 is 11.7. The molecule has 1 N–H and O–H groups in total. The lowest BCUT2D eigenvalue weighted by atomic mass is 10.1. The standard InChI is InChI=1S/C20H11Cl2N3O4/c21-13-4-8-18-16(10-13)24-20(29-18)11-1-5-14(6-2-11)23-19(26)12-3-7-15(22)17(9-12)25(27)28/h1-10H,(H,23,26). The summed E-state index contributed by atoms with van der Waals surface area (Å²) in [7, 11) is 0. The van der Waals surface area contributed by atoms with Crippen LogP contribution in [-0.2, 0) is 0 Å². The van der Waals surface area contributed by atoms with Crippen LogP contribution in [-0.4, -0.2) is 15.8 Å². The molecule has 0 aliphatic carbocycles. The van der Waals surface area contributed by atoms with Gasteiger partial charge in [0.05, 0.1) is 4.92 Å². The van der Waals surface area contributed by atoms with Crippen LogP contribution in [0.25, 0.3) is 22.6 Å². The molecule has 0 aliphatic heterocycles. The van der Waals surface area contributed by atoms with E-state index in [1.165, 1.54) is 12.1 Å². The molecule has 4 rings (SSSR count). The van der Waals surface area contributed by atoms with E-state index in [4.69, 9.17) is 27.6 Å². The van der Waals surface area contributed by atoms with Gasteiger partial charge in [0.1, 0.15) is 10.5 Å². The summed E-state index contributed by atoms with van der Waals surface area (Å²) in [4.78, 5) is 27.1. The second kappa shape index (κ2) is 7.54. The van der Waals surface area contributed by atoms with Crippen molar-refractivity contribution in [1.29, 1.82) is 0 Å². The van der Waals surface area contributed by atoms with Gasteiger partial charge in [0.15, 0.2) is 5.58 Å². The first-order valence-corrected chi connectivity index (χ1v) is 9.08. The maximum Gasteiger partial charge on any atom is 0.288 e. The Morgan fingerprint density at radius 3 is 2.52 bits per heavy atom. The van der Waals surface area contributed by atoms with E-state index < -0.39 is 10.8 Å². The zero-order chi connectivity index (χ0) is 20.5. The molecule has 3 aromatic carbocycles. The number of hydrogen-bond acceptors (Lipinski definition) is 5. The van der Waals surface area contributed by atoms with Crippen molar-refractivity contribution in [3.05, 3.63) is 86.4 Å². The van der Waals surface area contributed by atoms with Crippen LogP contribution in [0.3, 0.4) is 0 Å². The lowest BCUT2D eigenvalue weighted by Crippen LogP contribution is -2.12. The Labute approximate surface area is 174 Å². The van der Waals surface area contributed by atoms with Gasteiger partial charge in [-0.1, -0.05) is 23.2 Å². The van der Waals surface area contributed by atoms with Crippen LogP contribution >= 0.6 is 23.2 Å². The van der Waals surface area contributed by atoms with E-state index >= 15 is 0 Å². The van der Waals surface area contributed by atoms with Crippen LogP contribution in [0.2, 0.25) is 10.0 Å². The zero-order valence-electron chi connectivity index (χ0n) is 14.6. The molecule has 1 heterocycles. The highest BCUT2D eigenvalue weighted by Gasteiger charge is 2.16. The van der Waals surface area contributed by atoms with Gasteiger partial charge >= 0.3 is 0 Å². The number of carbonyl (C=O) groups excluding carboxylic acids is 1. The zero-order valence-corrected chi connectivity index (χ0v) is 16.1. The summed E-state index contributed by atoms with van der Waals surface area (Å²) in [6, 6.07) is 15.9. The van der Waals surface area contributed by atoms with Crippen molar-refractivity contribution < 1.29 is 14.1 Å². The molecule has 1 aromatic heterocycles. The fraction of sp³-hybridized carbons (Fsp3) is 0. The van der Waals surface area contributed by atoms with Crippen LogP contribution in [0.1, 0.15) is 10.4 Å². The Morgan fingerprint density at radius 2 is 1.79 bits per heavy atom. The van der Waals surface area contributed by atoms with Crippen LogP contribution in [0, 0.1) is 10.1 Å². The fourth-order valence-corrected chi connectivity index (χ4v) is 3.07. The van der Waals surface area contributed by atoms with Gasteiger partial charge in [-0.05, 0) is 54.6 Å². The molecular formula is C20H11Cl2N3O4. The lowest BCUT2D eigenvalue weighted by molar-refractivity contribution is -0.384. The molecule has 0 bridgehead atoms. The lowest BCUT2D eigenvalue weighted by Gasteiger charge is -2.06. The Kier molecular flexibility index (Phi) is 4.92. The molecule has 144 valence electrons. The number of amides is 1. The molecule has 0 spiro atoms. The largest absolute Gasteiger partial charge is 0.436 e. The van der Waals surface area contributed by atoms with Crippen molar-refractivity contribution in [3.63, 3.8) is 0 Å². The van der Waals surface area contributed by atoms with E-state index in [0.29, 0.717) is 27.7 Å². The van der Waals surface area contributed by atoms with E-state index in [1.54, 1.807) is 42.5 Å². The van der Waals surface area contributed by atoms with Gasteiger partial charge in [-0.2, -0.15) is 0 Å². The van der Waals surface area contributed by atoms with E-state index in [2.05, 4.69) is 10.3 Å². The molecule has 0 fully saturated rings. The van der Waals surface area contributed by atoms with Gasteiger partial charge < -0.3 is 9.73 Å². The number of halogens is 2. The van der Waals surface area contributed by atoms with Crippen LogP contribution < -0.4 is 5.32 Å². The predicted octanol–water partition coefficient (Wildman–Crippen LogP) is 5.96. The third kappa shape index (κ3) is 3.91. The number of nitrogens with one attached hydrogen (secondary N) is 1. The number of carbonyl (C=O) groups is 1. The number of hydrogen-bond donors (Lipinski definition) is 1. The summed E-state index contributed by atoms with van der Waals surface area (Å²) in [5, 5.41) is 14.2. The number of rotatable bonds is 4. The van der Waals surface area contributed by atoms with E-state index in [0.717, 1.165) is 11.6 Å². The molecule has 9 heteroatoms. The molecule has 0 saturated heterocycles. The SMILES string of the molecule is O=C(Nc1ccc(-c2nc3cc(Cl)ccc3o2)cc1)c1ccc(Cl)c([N+](=O)[O-])c1. The van der Waals surface area contributed by atoms with E-state index in [-0.39, 0.29) is 16.3 Å². The maximum atomic E-state index is 12.4. The van der Waals surface area contributed by atoms with Crippen LogP contribution in [0.5, 0.6) is 0 Å². The summed E-state index contributed by atoms with van der Waals surface area (Å²) in [5.41, 5.74) is 2.29. The molecule has 4 aromatic rings. The Balaban J connectivity index is 1.54. The molecule has 7 nitrogen and oxygen atoms in total. The van der Waals surface area contributed by atoms with Crippen molar-refractivity contribution in [1.82, 2.24) is 4.98 Å². The first kappa shape index (κ1) is 18.9. The van der Waals surface area contributed by atoms with Crippen LogP contribution in [0.4, 0.5) is 11.4 Å². The summed E-state index contributed by atoms with van der Waals surface area (Å²) in [5.74, 6) is -0.0671. The van der Waals surface area contributed by atoms with Gasteiger partial charge in [-0.15, -0.1) is 0 Å². The summed E-state index contributed by atoms with van der Waals surface area (Å²) in [6.45, 7) is 0. The number of aromatic nitrogens is 1. The van der Waals surface area contributed by atoms with Crippen molar-refractivity contribution in [2.45, 2.75) is 0 Å². The molecule has 0 atom stereocenters. The average molecular weight is 428 g/mol. The molecule has 0 radical (unpaired) electrons. The third-order valence-electron chi connectivity index (χ3n) is 4.14. The number of nitro groups is 1. The van der Waals surface area contributed by atoms with Crippen molar-refractivity contribution >= 4 is 51.6 Å². The van der Waals surface area contributed by atoms with E-state index in [1.807, 2.05) is 0 Å². The minimum atomic E-state index is -0.637. The first-order chi connectivity index (χ1) is 13.9. The fourth-order valence-electron chi connectivity index (χ4n) is 2.72. The van der Waals surface area contributed by atoms with Gasteiger partial charge in [0, 0.05) is 27.9 Å². The summed E-state index contributed by atoms with van der Waals surface area (Å²) < 4.78 is 5.71. The van der Waals surface area contributed by atoms with Crippen LogP contribution in [0.15, 0.2) is 65.1 Å². The minimum Gasteiger partial charge on any atom is -0.436 e. The normalized spacial score (nSPS) is 10.8. The molecular weight excluding hydrogens is 417 g/mol. The number of fused-ring (bicyclic) bond motifs is 1. The molecule has 0 aliphatic rings. The number of benzene rings is 3. The van der Waals surface area contributed by atoms with Gasteiger partial charge in [-0.3, -0.25) is 14.9 Å². The Hall–Kier alpha value is -3.42. The second-order valence-corrected chi connectivity index (χ2v) is 6.93. The molecule has 0 unspecified atom stereocenters. The quantitative estimate of drug-likeness (QED) is 0.319. The van der Waals surface area contributed by atoms with E-state index in [9.17, 15) is 14.9 Å². The summed E-state index contributed by atoms with van der Waals surface area (Å²) in [6.07, 6.45) is 0. The van der Waals surface area contributed by atoms with Gasteiger partial charge in [-0.25, -0.2) is 4.98 Å². The maximum absolute atomic E-state index is 12.4. The topological polar surface area (TPSA) is 98.3 Å². The molecule has 1 amide bonds. The Morgan fingerprint density at radius 1 is 1.03 bits per heavy atom. The third-order valence-corrected chi connectivity index (χ3v) is 4.70. The van der Waals surface area contributed by atoms with Crippen molar-refractivity contribution in [2.24, 2.45) is 0 Å². The second-order valence-electron chi connectivity index (χ2n) is 6.09. The molecule has 29 heavy (non-hydrogen) atoms. The predicted molar refractivity (Wildman–Crippen MR) is 111 cm³/mol. The number of anilines is 1. The minimum absolute atomic E-state index is 0.0319. The van der Waals surface area contributed by atoms with Crippen molar-refractivity contribution in [3.8, 4) is 11.5 Å². The monoisotopic (exact) mass is 427 g/mol. The van der Waals surface area contributed by atoms with Crippen molar-refractivity contribution in [2.75, 3.05) is 5.32 Å². The molecule has 0 saturated carbocycles. The highest BCUT2D eigenvalue weighted by atomic mass is 35.5. The average Bonchev–Trinajstić information content (AvgIpc) is 3.11. The Bertz CT molecular complexity index is 1250.